The number of carboxylic acids is 1. The lowest BCUT2D eigenvalue weighted by Crippen LogP contribution is -2.24. The second-order valence-electron chi connectivity index (χ2n) is 11.2. The molecular weight excluding hydrogens is 534 g/mol. The Kier molecular flexibility index (Phi) is 12.0. The van der Waals surface area contributed by atoms with Gasteiger partial charge in [-0.3, -0.25) is 9.59 Å². The maximum absolute atomic E-state index is 13.5. The maximum Gasteiger partial charge on any atom is 0.303 e. The van der Waals surface area contributed by atoms with Crippen LogP contribution in [0, 0.1) is 13.8 Å². The average Bonchev–Trinajstić information content (AvgIpc) is 3.00. The first kappa shape index (κ1) is 31.6. The largest absolute Gasteiger partial charge is 0.492 e. The highest BCUT2D eigenvalue weighted by Gasteiger charge is 2.19. The van der Waals surface area contributed by atoms with Crippen molar-refractivity contribution >= 4 is 11.9 Å². The van der Waals surface area contributed by atoms with Crippen LogP contribution in [0.3, 0.4) is 0 Å². The highest BCUT2D eigenvalue weighted by molar-refractivity contribution is 5.99. The SMILES string of the molecule is Cc1cccc(-c2cc(C(=O)NCCCCCCCc3ccccc3)cc(-c3cccc(C)c3)c2OCCCC(=O)O)c1. The normalized spacial score (nSPS) is 10.8. The Balaban J connectivity index is 1.49. The monoisotopic (exact) mass is 577 g/mol. The van der Waals surface area contributed by atoms with Crippen LogP contribution in [-0.2, 0) is 11.2 Å². The molecule has 2 N–H and O–H groups in total. The van der Waals surface area contributed by atoms with Crippen LogP contribution in [-0.4, -0.2) is 30.1 Å². The molecule has 1 amide bonds. The first-order valence-corrected chi connectivity index (χ1v) is 15.4. The second kappa shape index (κ2) is 16.3. The number of hydrogen-bond donors (Lipinski definition) is 2. The number of carbonyl (C=O) groups is 2. The molecule has 43 heavy (non-hydrogen) atoms. The molecule has 0 radical (unpaired) electrons. The van der Waals surface area contributed by atoms with E-state index in [0.29, 0.717) is 24.3 Å². The number of rotatable bonds is 16. The minimum absolute atomic E-state index is 0.0348. The molecule has 4 aromatic carbocycles. The molecule has 0 atom stereocenters. The molecule has 5 nitrogen and oxygen atoms in total. The summed E-state index contributed by atoms with van der Waals surface area (Å²) in [6.45, 7) is 4.97. The second-order valence-corrected chi connectivity index (χ2v) is 11.2. The Bertz CT molecular complexity index is 1430. The van der Waals surface area contributed by atoms with E-state index in [4.69, 9.17) is 9.84 Å². The Morgan fingerprint density at radius 2 is 1.30 bits per heavy atom. The first-order chi connectivity index (χ1) is 20.9. The Morgan fingerprint density at radius 1 is 0.698 bits per heavy atom. The molecule has 0 bridgehead atoms. The van der Waals surface area contributed by atoms with Gasteiger partial charge in [0.2, 0.25) is 0 Å². The van der Waals surface area contributed by atoms with Crippen LogP contribution in [0.15, 0.2) is 91.0 Å². The number of amides is 1. The topological polar surface area (TPSA) is 75.6 Å². The number of carbonyl (C=O) groups excluding carboxylic acids is 1. The predicted octanol–water partition coefficient (Wildman–Crippen LogP) is 8.80. The minimum Gasteiger partial charge on any atom is -0.492 e. The fourth-order valence-corrected chi connectivity index (χ4v) is 5.30. The molecular formula is C38H43NO4. The van der Waals surface area contributed by atoms with E-state index in [0.717, 1.165) is 59.1 Å². The van der Waals surface area contributed by atoms with Gasteiger partial charge in [-0.05, 0) is 68.4 Å². The van der Waals surface area contributed by atoms with E-state index in [2.05, 4.69) is 47.8 Å². The fraction of sp³-hybridized carbons (Fsp3) is 0.316. The van der Waals surface area contributed by atoms with Crippen molar-refractivity contribution in [2.75, 3.05) is 13.2 Å². The van der Waals surface area contributed by atoms with Crippen molar-refractivity contribution in [3.8, 4) is 28.0 Å². The smallest absolute Gasteiger partial charge is 0.303 e. The van der Waals surface area contributed by atoms with Crippen LogP contribution in [0.4, 0.5) is 0 Å². The third-order valence-electron chi connectivity index (χ3n) is 7.56. The van der Waals surface area contributed by atoms with Crippen LogP contribution in [0.1, 0.15) is 72.0 Å². The summed E-state index contributed by atoms with van der Waals surface area (Å²) in [5.74, 6) is -0.293. The van der Waals surface area contributed by atoms with Crippen molar-refractivity contribution in [2.24, 2.45) is 0 Å². The van der Waals surface area contributed by atoms with Gasteiger partial charge in [0.1, 0.15) is 5.75 Å². The fourth-order valence-electron chi connectivity index (χ4n) is 5.30. The number of hydrogen-bond acceptors (Lipinski definition) is 3. The van der Waals surface area contributed by atoms with E-state index < -0.39 is 5.97 Å². The molecule has 0 aliphatic rings. The predicted molar refractivity (Wildman–Crippen MR) is 175 cm³/mol. The zero-order valence-electron chi connectivity index (χ0n) is 25.4. The third-order valence-corrected chi connectivity index (χ3v) is 7.56. The number of aliphatic carboxylic acids is 1. The average molecular weight is 578 g/mol. The van der Waals surface area contributed by atoms with Gasteiger partial charge in [0, 0.05) is 29.7 Å². The van der Waals surface area contributed by atoms with E-state index in [1.54, 1.807) is 0 Å². The molecule has 0 fully saturated rings. The Labute approximate surface area is 255 Å². The summed E-state index contributed by atoms with van der Waals surface area (Å²) in [7, 11) is 0. The van der Waals surface area contributed by atoms with Crippen LogP contribution < -0.4 is 10.1 Å². The first-order valence-electron chi connectivity index (χ1n) is 15.4. The molecule has 0 aliphatic heterocycles. The lowest BCUT2D eigenvalue weighted by atomic mass is 9.93. The van der Waals surface area contributed by atoms with Crippen molar-refractivity contribution in [1.82, 2.24) is 5.32 Å². The molecule has 4 aromatic rings. The molecule has 0 spiro atoms. The van der Waals surface area contributed by atoms with Crippen molar-refractivity contribution in [3.63, 3.8) is 0 Å². The Morgan fingerprint density at radius 3 is 1.91 bits per heavy atom. The molecule has 224 valence electrons. The Hall–Kier alpha value is -4.38. The van der Waals surface area contributed by atoms with Gasteiger partial charge >= 0.3 is 5.97 Å². The van der Waals surface area contributed by atoms with Gasteiger partial charge in [-0.2, -0.15) is 0 Å². The number of aryl methyl sites for hydroxylation is 3. The summed E-state index contributed by atoms with van der Waals surface area (Å²) in [6, 6.07) is 30.7. The summed E-state index contributed by atoms with van der Waals surface area (Å²) >= 11 is 0. The number of unbranched alkanes of at least 4 members (excludes halogenated alkanes) is 4. The van der Waals surface area contributed by atoms with Gasteiger partial charge in [0.05, 0.1) is 6.61 Å². The standard InChI is InChI=1S/C38H43NO4/c1-28-14-11-19-31(24-28)34-26-33(38(42)39-22-10-5-3-4-7-16-30-17-8-6-9-18-30)27-35(32-20-12-15-29(2)25-32)37(34)43-23-13-21-36(40)41/h6,8-9,11-12,14-15,17-20,24-27H,3-5,7,10,13,16,21-23H2,1-2H3,(H,39,42)(H,40,41). The minimum atomic E-state index is -0.847. The summed E-state index contributed by atoms with van der Waals surface area (Å²) in [6.07, 6.45) is 7.10. The van der Waals surface area contributed by atoms with Crippen molar-refractivity contribution in [2.45, 2.75) is 65.2 Å². The van der Waals surface area contributed by atoms with E-state index in [1.165, 1.54) is 18.4 Å². The van der Waals surface area contributed by atoms with E-state index in [1.807, 2.05) is 62.4 Å². The van der Waals surface area contributed by atoms with E-state index >= 15 is 0 Å². The quantitative estimate of drug-likeness (QED) is 0.131. The lowest BCUT2D eigenvalue weighted by molar-refractivity contribution is -0.137. The molecule has 0 heterocycles. The lowest BCUT2D eigenvalue weighted by Gasteiger charge is -2.19. The maximum atomic E-state index is 13.5. The summed E-state index contributed by atoms with van der Waals surface area (Å²) in [5.41, 5.74) is 7.72. The summed E-state index contributed by atoms with van der Waals surface area (Å²) < 4.78 is 6.32. The van der Waals surface area contributed by atoms with E-state index in [9.17, 15) is 9.59 Å². The molecule has 0 saturated carbocycles. The number of benzene rings is 4. The third kappa shape index (κ3) is 9.85. The van der Waals surface area contributed by atoms with Crippen LogP contribution >= 0.6 is 0 Å². The van der Waals surface area contributed by atoms with Gasteiger partial charge in [-0.15, -0.1) is 0 Å². The van der Waals surface area contributed by atoms with Gasteiger partial charge in [-0.1, -0.05) is 109 Å². The molecule has 0 aromatic heterocycles. The van der Waals surface area contributed by atoms with Crippen molar-refractivity contribution < 1.29 is 19.4 Å². The van der Waals surface area contributed by atoms with E-state index in [-0.39, 0.29) is 18.9 Å². The summed E-state index contributed by atoms with van der Waals surface area (Å²) in [4.78, 5) is 24.6. The van der Waals surface area contributed by atoms with Gasteiger partial charge in [0.15, 0.2) is 0 Å². The highest BCUT2D eigenvalue weighted by atomic mass is 16.5. The molecule has 5 heteroatoms. The van der Waals surface area contributed by atoms with Crippen LogP contribution in [0.2, 0.25) is 0 Å². The number of nitrogens with one attached hydrogen (secondary N) is 1. The zero-order chi connectivity index (χ0) is 30.4. The molecule has 0 aliphatic carbocycles. The summed E-state index contributed by atoms with van der Waals surface area (Å²) in [5, 5.41) is 12.3. The molecule has 0 unspecified atom stereocenters. The highest BCUT2D eigenvalue weighted by Crippen LogP contribution is 2.41. The van der Waals surface area contributed by atoms with Gasteiger partial charge in [0.25, 0.3) is 5.91 Å². The zero-order valence-corrected chi connectivity index (χ0v) is 25.4. The molecule has 4 rings (SSSR count). The van der Waals surface area contributed by atoms with Crippen LogP contribution in [0.25, 0.3) is 22.3 Å². The van der Waals surface area contributed by atoms with Gasteiger partial charge < -0.3 is 15.2 Å². The van der Waals surface area contributed by atoms with Gasteiger partial charge in [-0.25, -0.2) is 0 Å². The van der Waals surface area contributed by atoms with Crippen molar-refractivity contribution in [1.29, 1.82) is 0 Å². The van der Waals surface area contributed by atoms with Crippen LogP contribution in [0.5, 0.6) is 5.75 Å². The number of carboxylic acid groups (broad SMARTS) is 1. The molecule has 0 saturated heterocycles. The number of ether oxygens (including phenoxy) is 1. The van der Waals surface area contributed by atoms with Crippen molar-refractivity contribution in [3.05, 3.63) is 113 Å².